The number of fused-ring (bicyclic) bond motifs is 1. The third-order valence-corrected chi connectivity index (χ3v) is 4.29. The Kier molecular flexibility index (Phi) is 5.31. The van der Waals surface area contributed by atoms with Gasteiger partial charge in [0.2, 0.25) is 0 Å². The molecule has 0 spiro atoms. The van der Waals surface area contributed by atoms with Gasteiger partial charge in [0.05, 0.1) is 17.1 Å². The minimum Gasteiger partial charge on any atom is -0.478 e. The van der Waals surface area contributed by atoms with E-state index in [2.05, 4.69) is 10.3 Å². The fourth-order valence-electron chi connectivity index (χ4n) is 2.85. The van der Waals surface area contributed by atoms with E-state index in [1.807, 2.05) is 0 Å². The van der Waals surface area contributed by atoms with E-state index >= 15 is 0 Å². The highest BCUT2D eigenvalue weighted by molar-refractivity contribution is 5.85. The molecule has 1 atom stereocenters. The second-order valence-electron chi connectivity index (χ2n) is 6.87. The fourth-order valence-corrected chi connectivity index (χ4v) is 2.85. The van der Waals surface area contributed by atoms with Crippen LogP contribution in [0.3, 0.4) is 0 Å². The molecule has 0 radical (unpaired) electrons. The standard InChI is InChI=1S/C20H20F3N3O2/c1-12(17-25-15-6-4-5-7-16(15)26(17)19(22)23)24-18(27)20(2,3)28-14-10-8-13(21)9-11-14/h4-12,19H,1-3H3,(H,24,27). The van der Waals surface area contributed by atoms with Gasteiger partial charge in [0.25, 0.3) is 5.91 Å². The van der Waals surface area contributed by atoms with Crippen molar-refractivity contribution in [3.05, 3.63) is 60.2 Å². The Balaban J connectivity index is 1.81. The summed E-state index contributed by atoms with van der Waals surface area (Å²) in [6, 6.07) is 11.0. The molecule has 1 unspecified atom stereocenters. The zero-order valence-electron chi connectivity index (χ0n) is 15.6. The molecule has 1 heterocycles. The molecule has 1 amide bonds. The van der Waals surface area contributed by atoms with E-state index in [9.17, 15) is 18.0 Å². The smallest absolute Gasteiger partial charge is 0.320 e. The summed E-state index contributed by atoms with van der Waals surface area (Å²) in [6.07, 6.45) is 0. The molecule has 8 heteroatoms. The Morgan fingerprint density at radius 2 is 1.79 bits per heavy atom. The summed E-state index contributed by atoms with van der Waals surface area (Å²) in [4.78, 5) is 16.9. The largest absolute Gasteiger partial charge is 0.478 e. The Hall–Kier alpha value is -3.03. The van der Waals surface area contributed by atoms with Crippen molar-refractivity contribution in [2.24, 2.45) is 0 Å². The van der Waals surface area contributed by atoms with Gasteiger partial charge < -0.3 is 10.1 Å². The van der Waals surface area contributed by atoms with Gasteiger partial charge in [0, 0.05) is 0 Å². The van der Waals surface area contributed by atoms with Crippen LogP contribution in [0.25, 0.3) is 11.0 Å². The monoisotopic (exact) mass is 391 g/mol. The summed E-state index contributed by atoms with van der Waals surface area (Å²) in [6.45, 7) is 1.85. The lowest BCUT2D eigenvalue weighted by Crippen LogP contribution is -2.47. The molecule has 0 aliphatic carbocycles. The van der Waals surface area contributed by atoms with Crippen LogP contribution in [0.2, 0.25) is 0 Å². The number of imidazole rings is 1. The number of hydrogen-bond acceptors (Lipinski definition) is 3. The number of ether oxygens (including phenoxy) is 1. The molecule has 5 nitrogen and oxygen atoms in total. The first-order chi connectivity index (χ1) is 13.2. The van der Waals surface area contributed by atoms with E-state index in [1.54, 1.807) is 31.2 Å². The molecule has 0 bridgehead atoms. The zero-order chi connectivity index (χ0) is 20.5. The van der Waals surface area contributed by atoms with Gasteiger partial charge in [-0.25, -0.2) is 9.37 Å². The number of carbonyl (C=O) groups is 1. The second kappa shape index (κ2) is 7.53. The van der Waals surface area contributed by atoms with Gasteiger partial charge >= 0.3 is 6.55 Å². The molecule has 28 heavy (non-hydrogen) atoms. The molecule has 2 aromatic carbocycles. The number of alkyl halides is 2. The molecular weight excluding hydrogens is 371 g/mol. The number of amides is 1. The number of aromatic nitrogens is 2. The van der Waals surface area contributed by atoms with Crippen molar-refractivity contribution < 1.29 is 22.7 Å². The van der Waals surface area contributed by atoms with Crippen molar-refractivity contribution >= 4 is 16.9 Å². The Morgan fingerprint density at radius 3 is 2.43 bits per heavy atom. The molecule has 3 rings (SSSR count). The van der Waals surface area contributed by atoms with E-state index < -0.39 is 29.9 Å². The van der Waals surface area contributed by atoms with Crippen molar-refractivity contribution in [2.75, 3.05) is 0 Å². The topological polar surface area (TPSA) is 56.1 Å². The number of para-hydroxylation sites is 2. The number of nitrogens with one attached hydrogen (secondary N) is 1. The molecule has 148 valence electrons. The lowest BCUT2D eigenvalue weighted by atomic mass is 10.1. The van der Waals surface area contributed by atoms with E-state index in [0.29, 0.717) is 11.3 Å². The van der Waals surface area contributed by atoms with Crippen molar-refractivity contribution in [3.8, 4) is 5.75 Å². The average molecular weight is 391 g/mol. The van der Waals surface area contributed by atoms with Crippen molar-refractivity contribution in [3.63, 3.8) is 0 Å². The number of halogens is 3. The maximum atomic E-state index is 13.6. The van der Waals surface area contributed by atoms with Gasteiger partial charge in [-0.2, -0.15) is 8.78 Å². The Bertz CT molecular complexity index is 984. The number of carbonyl (C=O) groups excluding carboxylic acids is 1. The first kappa shape index (κ1) is 19.7. The van der Waals surface area contributed by atoms with Gasteiger partial charge in [-0.1, -0.05) is 12.1 Å². The van der Waals surface area contributed by atoms with Crippen molar-refractivity contribution in [1.29, 1.82) is 0 Å². The quantitative estimate of drug-likeness (QED) is 0.668. The fraction of sp³-hybridized carbons (Fsp3) is 0.300. The summed E-state index contributed by atoms with van der Waals surface area (Å²) < 4.78 is 46.7. The van der Waals surface area contributed by atoms with E-state index in [4.69, 9.17) is 4.74 Å². The average Bonchev–Trinajstić information content (AvgIpc) is 3.03. The number of benzene rings is 2. The number of hydrogen-bond donors (Lipinski definition) is 1. The Labute approximate surface area is 160 Å². The van der Waals surface area contributed by atoms with Crippen LogP contribution in [0, 0.1) is 5.82 Å². The number of nitrogens with zero attached hydrogens (tertiary/aromatic N) is 2. The normalized spacial score (nSPS) is 13.0. The van der Waals surface area contributed by atoms with Crippen LogP contribution in [-0.4, -0.2) is 21.1 Å². The summed E-state index contributed by atoms with van der Waals surface area (Å²) >= 11 is 0. The van der Waals surface area contributed by atoms with Crippen LogP contribution in [0.1, 0.15) is 39.2 Å². The highest BCUT2D eigenvalue weighted by atomic mass is 19.3. The van der Waals surface area contributed by atoms with E-state index in [0.717, 1.165) is 4.57 Å². The maximum absolute atomic E-state index is 13.6. The second-order valence-corrected chi connectivity index (χ2v) is 6.87. The molecule has 0 aliphatic rings. The first-order valence-corrected chi connectivity index (χ1v) is 8.69. The lowest BCUT2D eigenvalue weighted by molar-refractivity contribution is -0.135. The third-order valence-electron chi connectivity index (χ3n) is 4.29. The zero-order valence-corrected chi connectivity index (χ0v) is 15.6. The van der Waals surface area contributed by atoms with Crippen LogP contribution in [0.15, 0.2) is 48.5 Å². The Morgan fingerprint density at radius 1 is 1.14 bits per heavy atom. The highest BCUT2D eigenvalue weighted by Crippen LogP contribution is 2.27. The molecule has 0 saturated heterocycles. The lowest BCUT2D eigenvalue weighted by Gasteiger charge is -2.27. The van der Waals surface area contributed by atoms with Crippen molar-refractivity contribution in [1.82, 2.24) is 14.9 Å². The van der Waals surface area contributed by atoms with Crippen LogP contribution in [-0.2, 0) is 4.79 Å². The summed E-state index contributed by atoms with van der Waals surface area (Å²) in [5.74, 6) is -0.581. The molecule has 3 aromatic rings. The molecule has 0 saturated carbocycles. The predicted octanol–water partition coefficient (Wildman–Crippen LogP) is 4.61. The van der Waals surface area contributed by atoms with Crippen molar-refractivity contribution in [2.45, 2.75) is 39.0 Å². The predicted molar refractivity (Wildman–Crippen MR) is 98.7 cm³/mol. The summed E-state index contributed by atoms with van der Waals surface area (Å²) in [5.41, 5.74) is -0.607. The number of rotatable bonds is 6. The van der Waals surface area contributed by atoms with Gasteiger partial charge in [-0.3, -0.25) is 9.36 Å². The summed E-state index contributed by atoms with van der Waals surface area (Å²) in [7, 11) is 0. The van der Waals surface area contributed by atoms with E-state index in [-0.39, 0.29) is 11.3 Å². The maximum Gasteiger partial charge on any atom is 0.320 e. The highest BCUT2D eigenvalue weighted by Gasteiger charge is 2.32. The first-order valence-electron chi connectivity index (χ1n) is 8.69. The molecular formula is C20H20F3N3O2. The van der Waals surface area contributed by atoms with Gasteiger partial charge in [0.15, 0.2) is 5.60 Å². The minimum atomic E-state index is -2.80. The minimum absolute atomic E-state index is 0.0436. The van der Waals surface area contributed by atoms with Crippen LogP contribution in [0.5, 0.6) is 5.75 Å². The molecule has 0 fully saturated rings. The van der Waals surface area contributed by atoms with Gasteiger partial charge in [0.1, 0.15) is 17.4 Å². The molecule has 1 N–H and O–H groups in total. The SMILES string of the molecule is CC(NC(=O)C(C)(C)Oc1ccc(F)cc1)c1nc2ccccc2n1C(F)F. The molecule has 1 aromatic heterocycles. The van der Waals surface area contributed by atoms with E-state index in [1.165, 1.54) is 38.1 Å². The van der Waals surface area contributed by atoms with Crippen LogP contribution < -0.4 is 10.1 Å². The van der Waals surface area contributed by atoms with Gasteiger partial charge in [-0.05, 0) is 57.2 Å². The van der Waals surface area contributed by atoms with Gasteiger partial charge in [-0.15, -0.1) is 0 Å². The third kappa shape index (κ3) is 3.95. The van der Waals surface area contributed by atoms with Crippen LogP contribution >= 0.6 is 0 Å². The summed E-state index contributed by atoms with van der Waals surface area (Å²) in [5, 5.41) is 2.67. The van der Waals surface area contributed by atoms with Crippen LogP contribution in [0.4, 0.5) is 13.2 Å². The molecule has 0 aliphatic heterocycles.